The quantitative estimate of drug-likeness (QED) is 0.761. The predicted octanol–water partition coefficient (Wildman–Crippen LogP) is 3.54. The van der Waals surface area contributed by atoms with Crippen LogP contribution in [0, 0.1) is 13.8 Å². The first-order chi connectivity index (χ1) is 13.1. The first-order valence-corrected chi connectivity index (χ1v) is 10.2. The topological polar surface area (TPSA) is 50.2 Å². The molecule has 1 aliphatic heterocycles. The third kappa shape index (κ3) is 4.98. The molecule has 0 saturated carbocycles. The van der Waals surface area contributed by atoms with Crippen LogP contribution in [0.2, 0.25) is 0 Å². The summed E-state index contributed by atoms with van der Waals surface area (Å²) in [7, 11) is 0. The van der Waals surface area contributed by atoms with Crippen LogP contribution >= 0.6 is 0 Å². The van der Waals surface area contributed by atoms with Gasteiger partial charge in [-0.15, -0.1) is 0 Å². The number of benzene rings is 1. The van der Waals surface area contributed by atoms with E-state index in [9.17, 15) is 4.79 Å². The summed E-state index contributed by atoms with van der Waals surface area (Å²) in [6, 6.07) is 10.9. The molecule has 1 atom stereocenters. The van der Waals surface area contributed by atoms with Gasteiger partial charge in [0.1, 0.15) is 0 Å². The van der Waals surface area contributed by atoms with Gasteiger partial charge in [0.25, 0.3) is 5.91 Å². The van der Waals surface area contributed by atoms with Gasteiger partial charge in [-0.1, -0.05) is 36.8 Å². The van der Waals surface area contributed by atoms with Crippen molar-refractivity contribution in [2.45, 2.75) is 59.0 Å². The van der Waals surface area contributed by atoms with Crippen LogP contribution in [0.4, 0.5) is 0 Å². The minimum absolute atomic E-state index is 0.00370. The fourth-order valence-electron chi connectivity index (χ4n) is 4.00. The highest BCUT2D eigenvalue weighted by molar-refractivity contribution is 5.96. The maximum absolute atomic E-state index is 12.7. The van der Waals surface area contributed by atoms with Crippen LogP contribution in [0.25, 0.3) is 0 Å². The molecule has 1 aromatic carbocycles. The Kier molecular flexibility index (Phi) is 6.67. The molecular formula is C22H32N4O. The van der Waals surface area contributed by atoms with E-state index in [0.717, 1.165) is 29.9 Å². The van der Waals surface area contributed by atoms with Gasteiger partial charge in [-0.3, -0.25) is 9.48 Å². The Morgan fingerprint density at radius 3 is 2.74 bits per heavy atom. The molecule has 3 rings (SSSR count). The number of hydrogen-bond donors (Lipinski definition) is 1. The molecule has 0 bridgehead atoms. The van der Waals surface area contributed by atoms with Gasteiger partial charge in [-0.05, 0) is 52.1 Å². The normalized spacial score (nSPS) is 17.8. The van der Waals surface area contributed by atoms with Gasteiger partial charge in [0.05, 0.1) is 17.8 Å². The van der Waals surface area contributed by atoms with Gasteiger partial charge in [-0.25, -0.2) is 0 Å². The minimum atomic E-state index is -0.00370. The number of likely N-dealkylation sites (tertiary alicyclic amines) is 1. The second-order valence-electron chi connectivity index (χ2n) is 7.68. The molecule has 146 valence electrons. The van der Waals surface area contributed by atoms with E-state index in [0.29, 0.717) is 19.1 Å². The smallest absolute Gasteiger partial charge is 0.255 e. The van der Waals surface area contributed by atoms with Gasteiger partial charge in [-0.2, -0.15) is 5.10 Å². The average molecular weight is 369 g/mol. The monoisotopic (exact) mass is 368 g/mol. The van der Waals surface area contributed by atoms with Crippen LogP contribution in [-0.2, 0) is 6.54 Å². The van der Waals surface area contributed by atoms with Gasteiger partial charge < -0.3 is 10.2 Å². The van der Waals surface area contributed by atoms with Crippen LogP contribution < -0.4 is 5.32 Å². The van der Waals surface area contributed by atoms with E-state index in [4.69, 9.17) is 0 Å². The zero-order valence-electron chi connectivity index (χ0n) is 16.9. The number of piperidine rings is 1. The predicted molar refractivity (Wildman–Crippen MR) is 109 cm³/mol. The van der Waals surface area contributed by atoms with E-state index >= 15 is 0 Å². The number of nitrogens with one attached hydrogen (secondary N) is 1. The van der Waals surface area contributed by atoms with E-state index in [-0.39, 0.29) is 5.91 Å². The summed E-state index contributed by atoms with van der Waals surface area (Å²) in [4.78, 5) is 15.2. The first-order valence-electron chi connectivity index (χ1n) is 10.2. The summed E-state index contributed by atoms with van der Waals surface area (Å²) in [6.45, 7) is 9.86. The Labute approximate surface area is 162 Å². The second-order valence-corrected chi connectivity index (χ2v) is 7.68. The molecule has 1 aromatic heterocycles. The van der Waals surface area contributed by atoms with Crippen LogP contribution in [0.5, 0.6) is 0 Å². The van der Waals surface area contributed by atoms with Crippen molar-refractivity contribution in [1.29, 1.82) is 0 Å². The number of aromatic nitrogens is 2. The van der Waals surface area contributed by atoms with Crippen molar-refractivity contribution in [3.8, 4) is 0 Å². The maximum atomic E-state index is 12.7. The number of amides is 1. The molecular weight excluding hydrogens is 336 g/mol. The van der Waals surface area contributed by atoms with E-state index in [2.05, 4.69) is 34.4 Å². The fraction of sp³-hybridized carbons (Fsp3) is 0.545. The second kappa shape index (κ2) is 9.18. The molecule has 1 N–H and O–H groups in total. The highest BCUT2D eigenvalue weighted by Gasteiger charge is 2.20. The molecule has 1 saturated heterocycles. The Hall–Kier alpha value is -2.14. The van der Waals surface area contributed by atoms with Gasteiger partial charge in [0, 0.05) is 24.8 Å². The van der Waals surface area contributed by atoms with Crippen LogP contribution in [-0.4, -0.2) is 46.3 Å². The van der Waals surface area contributed by atoms with Crippen LogP contribution in [0.15, 0.2) is 30.3 Å². The van der Waals surface area contributed by atoms with Gasteiger partial charge in [0.15, 0.2) is 0 Å². The lowest BCUT2D eigenvalue weighted by Gasteiger charge is -2.33. The Balaban J connectivity index is 1.53. The first kappa shape index (κ1) is 19.6. The van der Waals surface area contributed by atoms with E-state index in [1.54, 1.807) is 0 Å². The lowest BCUT2D eigenvalue weighted by Crippen LogP contribution is -2.39. The maximum Gasteiger partial charge on any atom is 0.255 e. The molecule has 1 amide bonds. The van der Waals surface area contributed by atoms with Crippen LogP contribution in [0.3, 0.4) is 0 Å². The Bertz CT molecular complexity index is 753. The fourth-order valence-corrected chi connectivity index (χ4v) is 4.00. The number of carbonyl (C=O) groups excluding carboxylic acids is 1. The molecule has 27 heavy (non-hydrogen) atoms. The molecule has 0 radical (unpaired) electrons. The standard InChI is InChI=1S/C22H32N4O/c1-17-10-7-8-14-25(17)15-9-13-23-22(27)21-18(2)24-26(19(21)3)16-20-11-5-4-6-12-20/h4-6,11-12,17H,7-10,13-16H2,1-3H3,(H,23,27)/t17-/m0/s1. The third-order valence-corrected chi connectivity index (χ3v) is 5.63. The van der Waals surface area contributed by atoms with Crippen molar-refractivity contribution in [1.82, 2.24) is 20.0 Å². The summed E-state index contributed by atoms with van der Waals surface area (Å²) >= 11 is 0. The number of aryl methyl sites for hydroxylation is 1. The Morgan fingerprint density at radius 1 is 1.22 bits per heavy atom. The summed E-state index contributed by atoms with van der Waals surface area (Å²) in [5.41, 5.74) is 3.63. The van der Waals surface area contributed by atoms with E-state index < -0.39 is 0 Å². The number of hydrogen-bond acceptors (Lipinski definition) is 3. The SMILES string of the molecule is Cc1nn(Cc2ccccc2)c(C)c1C(=O)NCCCN1CCCC[C@@H]1C. The van der Waals surface area contributed by atoms with Crippen molar-refractivity contribution < 1.29 is 4.79 Å². The average Bonchev–Trinajstić information content (AvgIpc) is 2.94. The zero-order chi connectivity index (χ0) is 19.2. The molecule has 2 heterocycles. The highest BCUT2D eigenvalue weighted by atomic mass is 16.1. The van der Waals surface area contributed by atoms with Gasteiger partial charge >= 0.3 is 0 Å². The van der Waals surface area contributed by atoms with Crippen molar-refractivity contribution in [2.24, 2.45) is 0 Å². The minimum Gasteiger partial charge on any atom is -0.352 e. The number of rotatable bonds is 7. The molecule has 5 heteroatoms. The summed E-state index contributed by atoms with van der Waals surface area (Å²) in [5.74, 6) is -0.00370. The molecule has 0 spiro atoms. The molecule has 0 aliphatic carbocycles. The number of carbonyl (C=O) groups is 1. The number of nitrogens with zero attached hydrogens (tertiary/aromatic N) is 3. The van der Waals surface area contributed by atoms with Crippen LogP contribution in [0.1, 0.15) is 59.9 Å². The summed E-state index contributed by atoms with van der Waals surface area (Å²) in [6.07, 6.45) is 4.94. The van der Waals surface area contributed by atoms with Crippen molar-refractivity contribution in [3.63, 3.8) is 0 Å². The lowest BCUT2D eigenvalue weighted by atomic mass is 10.0. The third-order valence-electron chi connectivity index (χ3n) is 5.63. The molecule has 1 aliphatic rings. The van der Waals surface area contributed by atoms with E-state index in [1.165, 1.54) is 31.4 Å². The summed E-state index contributed by atoms with van der Waals surface area (Å²) in [5, 5.41) is 7.68. The van der Waals surface area contributed by atoms with E-state index in [1.807, 2.05) is 36.7 Å². The van der Waals surface area contributed by atoms with Crippen molar-refractivity contribution in [2.75, 3.05) is 19.6 Å². The molecule has 0 unspecified atom stereocenters. The molecule has 1 fully saturated rings. The lowest BCUT2D eigenvalue weighted by molar-refractivity contribution is 0.0947. The van der Waals surface area contributed by atoms with Gasteiger partial charge in [0.2, 0.25) is 0 Å². The largest absolute Gasteiger partial charge is 0.352 e. The molecule has 2 aromatic rings. The molecule has 5 nitrogen and oxygen atoms in total. The van der Waals surface area contributed by atoms with Crippen molar-refractivity contribution in [3.05, 3.63) is 52.8 Å². The van der Waals surface area contributed by atoms with Crippen molar-refractivity contribution >= 4 is 5.91 Å². The summed E-state index contributed by atoms with van der Waals surface area (Å²) < 4.78 is 1.93. The highest BCUT2D eigenvalue weighted by Crippen LogP contribution is 2.17. The zero-order valence-corrected chi connectivity index (χ0v) is 16.9. The Morgan fingerprint density at radius 2 is 2.00 bits per heavy atom.